The lowest BCUT2D eigenvalue weighted by atomic mass is 9.99. The average molecular weight is 444 g/mol. The van der Waals surface area contributed by atoms with E-state index in [4.69, 9.17) is 4.74 Å². The molecule has 31 heavy (non-hydrogen) atoms. The Morgan fingerprint density at radius 2 is 1.97 bits per heavy atom. The molecule has 4 rings (SSSR count). The topological polar surface area (TPSA) is 108 Å². The third kappa shape index (κ3) is 4.31. The van der Waals surface area contributed by atoms with Crippen LogP contribution in [0.1, 0.15) is 30.3 Å². The van der Waals surface area contributed by atoms with Gasteiger partial charge in [-0.3, -0.25) is 10.4 Å². The summed E-state index contributed by atoms with van der Waals surface area (Å²) in [6.07, 6.45) is -3.92. The number of urea groups is 1. The molecule has 2 aromatic heterocycles. The van der Waals surface area contributed by atoms with E-state index in [1.807, 2.05) is 4.98 Å². The van der Waals surface area contributed by atoms with Crippen LogP contribution in [0.2, 0.25) is 0 Å². The molecule has 0 aliphatic carbocycles. The lowest BCUT2D eigenvalue weighted by Crippen LogP contribution is -2.34. The van der Waals surface area contributed by atoms with E-state index >= 15 is 0 Å². The first-order valence-corrected chi connectivity index (χ1v) is 9.29. The minimum Gasteiger partial charge on any atom is -0.381 e. The number of hydrogen-bond acceptors (Lipinski definition) is 4. The lowest BCUT2D eigenvalue weighted by Gasteiger charge is -2.20. The van der Waals surface area contributed by atoms with E-state index in [0.717, 1.165) is 18.5 Å². The number of carbonyl (C=O) groups excluding carboxylic acids is 1. The number of benzene rings is 1. The molecule has 166 valence electrons. The molecule has 0 spiro atoms. The van der Waals surface area contributed by atoms with Crippen molar-refractivity contribution in [1.29, 1.82) is 0 Å². The number of hydrogen-bond donors (Lipinski definition) is 4. The van der Waals surface area contributed by atoms with Crippen LogP contribution in [0.3, 0.4) is 0 Å². The van der Waals surface area contributed by atoms with Crippen LogP contribution in [0.5, 0.6) is 0 Å². The van der Waals surface area contributed by atoms with Gasteiger partial charge in [0.05, 0.1) is 17.6 Å². The number of halogens is 5. The molecule has 13 heteroatoms. The van der Waals surface area contributed by atoms with E-state index in [1.165, 1.54) is 18.2 Å². The number of fused-ring (bicyclic) bond motifs is 1. The minimum absolute atomic E-state index is 0.0870. The Kier molecular flexibility index (Phi) is 5.29. The van der Waals surface area contributed by atoms with Crippen molar-refractivity contribution in [2.75, 3.05) is 23.8 Å². The summed E-state index contributed by atoms with van der Waals surface area (Å²) in [5.74, 6) is -6.22. The van der Waals surface area contributed by atoms with E-state index in [-0.39, 0.29) is 28.5 Å². The standard InChI is InChI=1S/C18H17F5N6O2/c19-17(20,18(21,22)23)15-25-11-4-3-10(6-13(11)26-15)24-16(30)27-14-7-12(28-29-14)9-2-1-5-31-8-9/h3-4,6-7,9H,1-2,5,8H2,(H,25,26)(H3,24,27,28,29,30). The molecular weight excluding hydrogens is 427 g/mol. The van der Waals surface area contributed by atoms with Gasteiger partial charge >= 0.3 is 18.1 Å². The van der Waals surface area contributed by atoms with Gasteiger partial charge in [0.25, 0.3) is 0 Å². The monoisotopic (exact) mass is 444 g/mol. The Labute approximate surface area is 171 Å². The Bertz CT molecular complexity index is 1090. The van der Waals surface area contributed by atoms with Gasteiger partial charge in [0.15, 0.2) is 11.6 Å². The van der Waals surface area contributed by atoms with Crippen LogP contribution in [0.15, 0.2) is 24.3 Å². The number of aromatic amines is 2. The number of H-pyrrole nitrogens is 2. The van der Waals surface area contributed by atoms with Gasteiger partial charge in [-0.2, -0.15) is 27.1 Å². The molecule has 1 unspecified atom stereocenters. The molecule has 4 N–H and O–H groups in total. The van der Waals surface area contributed by atoms with Gasteiger partial charge in [0, 0.05) is 30.0 Å². The van der Waals surface area contributed by atoms with E-state index in [9.17, 15) is 26.7 Å². The first kappa shape index (κ1) is 21.0. The van der Waals surface area contributed by atoms with Crippen molar-refractivity contribution in [1.82, 2.24) is 20.2 Å². The molecule has 0 saturated carbocycles. The second-order valence-corrected chi connectivity index (χ2v) is 7.09. The largest absolute Gasteiger partial charge is 0.461 e. The van der Waals surface area contributed by atoms with Crippen molar-refractivity contribution in [3.63, 3.8) is 0 Å². The zero-order valence-electron chi connectivity index (χ0n) is 15.8. The fourth-order valence-corrected chi connectivity index (χ4v) is 3.24. The smallest absolute Gasteiger partial charge is 0.381 e. The number of nitrogens with one attached hydrogen (secondary N) is 4. The Morgan fingerprint density at radius 1 is 1.16 bits per heavy atom. The van der Waals surface area contributed by atoms with Gasteiger partial charge in [-0.1, -0.05) is 0 Å². The number of carbonyl (C=O) groups is 1. The van der Waals surface area contributed by atoms with Crippen LogP contribution in [0, 0.1) is 0 Å². The average Bonchev–Trinajstić information content (AvgIpc) is 3.34. The highest BCUT2D eigenvalue weighted by Gasteiger charge is 2.61. The molecule has 1 atom stereocenters. The van der Waals surface area contributed by atoms with E-state index < -0.39 is 24.0 Å². The third-order valence-corrected chi connectivity index (χ3v) is 4.83. The maximum Gasteiger partial charge on any atom is 0.461 e. The second-order valence-electron chi connectivity index (χ2n) is 7.09. The van der Waals surface area contributed by atoms with Crippen LogP contribution in [0.25, 0.3) is 11.0 Å². The number of anilines is 2. The molecule has 1 saturated heterocycles. The van der Waals surface area contributed by atoms with Crippen LogP contribution in [-0.2, 0) is 10.7 Å². The molecular formula is C18H17F5N6O2. The summed E-state index contributed by atoms with van der Waals surface area (Å²) in [4.78, 5) is 17.5. The number of rotatable bonds is 4. The maximum atomic E-state index is 13.5. The van der Waals surface area contributed by atoms with Crippen molar-refractivity contribution >= 4 is 28.6 Å². The normalized spacial score (nSPS) is 17.6. The molecule has 1 aromatic carbocycles. The maximum absolute atomic E-state index is 13.5. The summed E-state index contributed by atoms with van der Waals surface area (Å²) in [5, 5.41) is 11.8. The highest BCUT2D eigenvalue weighted by Crippen LogP contribution is 2.43. The summed E-state index contributed by atoms with van der Waals surface area (Å²) in [5.41, 5.74) is 0.798. The summed E-state index contributed by atoms with van der Waals surface area (Å²) >= 11 is 0. The van der Waals surface area contributed by atoms with Gasteiger partial charge < -0.3 is 15.0 Å². The first-order valence-electron chi connectivity index (χ1n) is 9.29. The molecule has 3 heterocycles. The highest BCUT2D eigenvalue weighted by atomic mass is 19.4. The molecule has 2 amide bonds. The van der Waals surface area contributed by atoms with Crippen LogP contribution < -0.4 is 10.6 Å². The van der Waals surface area contributed by atoms with Crippen molar-refractivity contribution in [3.05, 3.63) is 35.8 Å². The van der Waals surface area contributed by atoms with Crippen LogP contribution in [-0.4, -0.2) is 45.6 Å². The molecule has 1 aliphatic rings. The molecule has 1 aliphatic heterocycles. The fraction of sp³-hybridized carbons (Fsp3) is 0.389. The van der Waals surface area contributed by atoms with Crippen LogP contribution in [0.4, 0.5) is 38.3 Å². The number of alkyl halides is 5. The number of nitrogens with zero attached hydrogens (tertiary/aromatic N) is 2. The number of imidazole rings is 1. The second kappa shape index (κ2) is 7.80. The van der Waals surface area contributed by atoms with Gasteiger partial charge in [0.1, 0.15) is 0 Å². The molecule has 0 radical (unpaired) electrons. The Balaban J connectivity index is 1.43. The zero-order valence-corrected chi connectivity index (χ0v) is 15.8. The van der Waals surface area contributed by atoms with E-state index in [1.54, 1.807) is 6.07 Å². The lowest BCUT2D eigenvalue weighted by molar-refractivity contribution is -0.292. The molecule has 1 fully saturated rings. The van der Waals surface area contributed by atoms with Gasteiger partial charge in [0.2, 0.25) is 0 Å². The van der Waals surface area contributed by atoms with Crippen molar-refractivity contribution in [2.24, 2.45) is 0 Å². The van der Waals surface area contributed by atoms with Crippen LogP contribution >= 0.6 is 0 Å². The van der Waals surface area contributed by atoms with E-state index in [2.05, 4.69) is 25.8 Å². The predicted molar refractivity (Wildman–Crippen MR) is 100 cm³/mol. The summed E-state index contributed by atoms with van der Waals surface area (Å²) in [6.45, 7) is 1.28. The fourth-order valence-electron chi connectivity index (χ4n) is 3.24. The minimum atomic E-state index is -5.78. The van der Waals surface area contributed by atoms with Crippen molar-refractivity contribution in [3.8, 4) is 0 Å². The number of amides is 2. The van der Waals surface area contributed by atoms with Gasteiger partial charge in [-0.25, -0.2) is 9.78 Å². The van der Waals surface area contributed by atoms with Crippen molar-refractivity contribution in [2.45, 2.75) is 30.9 Å². The molecule has 3 aromatic rings. The predicted octanol–water partition coefficient (Wildman–Crippen LogP) is 4.48. The summed E-state index contributed by atoms with van der Waals surface area (Å²) in [6, 6.07) is 4.76. The molecule has 0 bridgehead atoms. The quantitative estimate of drug-likeness (QED) is 0.445. The zero-order chi connectivity index (χ0) is 22.2. The Hall–Kier alpha value is -3.22. The molecule has 8 nitrogen and oxygen atoms in total. The first-order chi connectivity index (χ1) is 14.6. The highest BCUT2D eigenvalue weighted by molar-refractivity contribution is 6.00. The number of ether oxygens (including phenoxy) is 1. The Morgan fingerprint density at radius 3 is 2.68 bits per heavy atom. The third-order valence-electron chi connectivity index (χ3n) is 4.83. The SMILES string of the molecule is O=C(Nc1ccc2nc(C(F)(F)C(F)(F)F)[nH]c2c1)Nc1cc(C2CCCOC2)[nH]n1. The van der Waals surface area contributed by atoms with Gasteiger partial charge in [-0.05, 0) is 31.0 Å². The van der Waals surface area contributed by atoms with E-state index in [0.29, 0.717) is 13.2 Å². The summed E-state index contributed by atoms with van der Waals surface area (Å²) < 4.78 is 70.0. The summed E-state index contributed by atoms with van der Waals surface area (Å²) in [7, 11) is 0. The van der Waals surface area contributed by atoms with Gasteiger partial charge in [-0.15, -0.1) is 0 Å². The number of aromatic nitrogens is 4. The van der Waals surface area contributed by atoms with Crippen molar-refractivity contribution < 1.29 is 31.5 Å².